The van der Waals surface area contributed by atoms with Gasteiger partial charge in [0, 0.05) is 42.8 Å². The number of halogens is 1. The minimum absolute atomic E-state index is 0.124. The number of hydrogen-bond acceptors (Lipinski definition) is 7. The first-order valence-corrected chi connectivity index (χ1v) is 11.1. The lowest BCUT2D eigenvalue weighted by molar-refractivity contribution is -0.384. The molecule has 1 fully saturated rings. The zero-order valence-corrected chi connectivity index (χ0v) is 19.2. The molecule has 1 aliphatic rings. The maximum atomic E-state index is 12.9. The van der Waals surface area contributed by atoms with Crippen molar-refractivity contribution in [1.82, 2.24) is 4.90 Å². The number of anilines is 1. The van der Waals surface area contributed by atoms with E-state index in [0.29, 0.717) is 42.6 Å². The van der Waals surface area contributed by atoms with E-state index in [4.69, 9.17) is 20.8 Å². The highest BCUT2D eigenvalue weighted by Gasteiger charge is 2.28. The highest BCUT2D eigenvalue weighted by atomic mass is 35.5. The largest absolute Gasteiger partial charge is 0.462 e. The van der Waals surface area contributed by atoms with E-state index in [0.717, 1.165) is 5.56 Å². The molecule has 0 atom stereocenters. The predicted octanol–water partition coefficient (Wildman–Crippen LogP) is 4.65. The number of nitro benzene ring substituents is 1. The number of esters is 1. The SMILES string of the molecule is CCOC(=O)c1ccc(N2CCN(C(=O)c3ccc(-c4cccc(Cl)c4)o3)CC2)c([N+](=O)[O-])c1. The molecule has 34 heavy (non-hydrogen) atoms. The molecular formula is C24H22ClN3O6. The van der Waals surface area contributed by atoms with Crippen LogP contribution in [0.25, 0.3) is 11.3 Å². The van der Waals surface area contributed by atoms with Gasteiger partial charge in [-0.1, -0.05) is 23.7 Å². The molecule has 0 radical (unpaired) electrons. The number of nitro groups is 1. The maximum absolute atomic E-state index is 12.9. The molecule has 0 saturated carbocycles. The summed E-state index contributed by atoms with van der Waals surface area (Å²) in [6.45, 7) is 3.37. The quantitative estimate of drug-likeness (QED) is 0.285. The summed E-state index contributed by atoms with van der Waals surface area (Å²) in [6.07, 6.45) is 0. The average molecular weight is 484 g/mol. The van der Waals surface area contributed by atoms with Crippen LogP contribution < -0.4 is 4.90 Å². The van der Waals surface area contributed by atoms with E-state index in [2.05, 4.69) is 0 Å². The summed E-state index contributed by atoms with van der Waals surface area (Å²) in [5.74, 6) is -0.0989. The van der Waals surface area contributed by atoms with Crippen LogP contribution in [-0.2, 0) is 4.74 Å². The highest BCUT2D eigenvalue weighted by Crippen LogP contribution is 2.31. The van der Waals surface area contributed by atoms with Crippen molar-refractivity contribution in [3.8, 4) is 11.3 Å². The van der Waals surface area contributed by atoms with Crippen molar-refractivity contribution >= 4 is 34.9 Å². The van der Waals surface area contributed by atoms with Crippen LogP contribution in [0.4, 0.5) is 11.4 Å². The second-order valence-corrected chi connectivity index (χ2v) is 8.07. The number of carbonyl (C=O) groups excluding carboxylic acids is 2. The molecule has 0 bridgehead atoms. The Morgan fingerprint density at radius 3 is 2.53 bits per heavy atom. The Balaban J connectivity index is 1.45. The summed E-state index contributed by atoms with van der Waals surface area (Å²) in [6, 6.07) is 14.8. The fourth-order valence-electron chi connectivity index (χ4n) is 3.83. The minimum Gasteiger partial charge on any atom is -0.462 e. The van der Waals surface area contributed by atoms with Crippen LogP contribution in [0.15, 0.2) is 59.0 Å². The van der Waals surface area contributed by atoms with Gasteiger partial charge in [-0.15, -0.1) is 0 Å². The van der Waals surface area contributed by atoms with Crippen LogP contribution in [0.2, 0.25) is 5.02 Å². The number of benzene rings is 2. The van der Waals surface area contributed by atoms with Gasteiger partial charge >= 0.3 is 5.97 Å². The molecule has 0 aliphatic carbocycles. The molecule has 4 rings (SSSR count). The second kappa shape index (κ2) is 9.96. The summed E-state index contributed by atoms with van der Waals surface area (Å²) in [5, 5.41) is 12.2. The Morgan fingerprint density at radius 2 is 1.85 bits per heavy atom. The summed E-state index contributed by atoms with van der Waals surface area (Å²) in [5.41, 5.74) is 1.11. The molecule has 0 unspecified atom stereocenters. The minimum atomic E-state index is -0.608. The zero-order valence-electron chi connectivity index (χ0n) is 18.4. The molecule has 1 aliphatic heterocycles. The van der Waals surface area contributed by atoms with Gasteiger partial charge in [0.1, 0.15) is 11.4 Å². The van der Waals surface area contributed by atoms with Crippen molar-refractivity contribution in [2.24, 2.45) is 0 Å². The van der Waals surface area contributed by atoms with Gasteiger partial charge in [0.2, 0.25) is 0 Å². The molecule has 0 N–H and O–H groups in total. The number of nitrogens with zero attached hydrogens (tertiary/aromatic N) is 3. The summed E-state index contributed by atoms with van der Waals surface area (Å²) < 4.78 is 10.7. The van der Waals surface area contributed by atoms with Crippen LogP contribution in [0.5, 0.6) is 0 Å². The molecule has 1 amide bonds. The number of ether oxygens (including phenoxy) is 1. The smallest absolute Gasteiger partial charge is 0.338 e. The van der Waals surface area contributed by atoms with Crippen LogP contribution in [0.3, 0.4) is 0 Å². The molecule has 176 valence electrons. The molecule has 1 aromatic heterocycles. The predicted molar refractivity (Wildman–Crippen MR) is 126 cm³/mol. The van der Waals surface area contributed by atoms with Gasteiger partial charge in [-0.3, -0.25) is 14.9 Å². The van der Waals surface area contributed by atoms with Crippen molar-refractivity contribution in [2.75, 3.05) is 37.7 Å². The first-order valence-electron chi connectivity index (χ1n) is 10.7. The number of amides is 1. The van der Waals surface area contributed by atoms with Gasteiger partial charge in [-0.05, 0) is 43.3 Å². The van der Waals surface area contributed by atoms with Crippen LogP contribution in [0.1, 0.15) is 27.8 Å². The molecule has 10 heteroatoms. The lowest BCUT2D eigenvalue weighted by Crippen LogP contribution is -2.48. The van der Waals surface area contributed by atoms with Crippen LogP contribution >= 0.6 is 11.6 Å². The van der Waals surface area contributed by atoms with Crippen molar-refractivity contribution in [1.29, 1.82) is 0 Å². The molecule has 1 saturated heterocycles. The zero-order chi connectivity index (χ0) is 24.2. The van der Waals surface area contributed by atoms with E-state index in [1.165, 1.54) is 12.1 Å². The van der Waals surface area contributed by atoms with E-state index in [-0.39, 0.29) is 29.5 Å². The number of rotatable bonds is 6. The first-order chi connectivity index (χ1) is 16.4. The third-order valence-corrected chi connectivity index (χ3v) is 5.75. The van der Waals surface area contributed by atoms with E-state index in [1.54, 1.807) is 48.2 Å². The highest BCUT2D eigenvalue weighted by molar-refractivity contribution is 6.30. The van der Waals surface area contributed by atoms with Gasteiger partial charge in [-0.25, -0.2) is 4.79 Å². The van der Waals surface area contributed by atoms with Crippen molar-refractivity contribution in [2.45, 2.75) is 6.92 Å². The number of piperazine rings is 1. The molecule has 2 heterocycles. The Hall–Kier alpha value is -3.85. The first kappa shape index (κ1) is 23.3. The Labute approximate surface area is 200 Å². The number of carbonyl (C=O) groups is 2. The van der Waals surface area contributed by atoms with Crippen LogP contribution in [0, 0.1) is 10.1 Å². The summed E-state index contributed by atoms with van der Waals surface area (Å²) >= 11 is 6.03. The van der Waals surface area contributed by atoms with Gasteiger partial charge < -0.3 is 19.0 Å². The van der Waals surface area contributed by atoms with Crippen molar-refractivity contribution in [3.05, 3.63) is 81.1 Å². The fourth-order valence-corrected chi connectivity index (χ4v) is 4.02. The van der Waals surface area contributed by atoms with Gasteiger partial charge in [0.05, 0.1) is 17.1 Å². The Kier molecular flexibility index (Phi) is 6.83. The van der Waals surface area contributed by atoms with Gasteiger partial charge in [-0.2, -0.15) is 0 Å². The second-order valence-electron chi connectivity index (χ2n) is 7.63. The van der Waals surface area contributed by atoms with E-state index >= 15 is 0 Å². The monoisotopic (exact) mass is 483 g/mol. The van der Waals surface area contributed by atoms with Crippen LogP contribution in [-0.4, -0.2) is 54.5 Å². The lowest BCUT2D eigenvalue weighted by Gasteiger charge is -2.35. The van der Waals surface area contributed by atoms with E-state index < -0.39 is 10.9 Å². The normalized spacial score (nSPS) is 13.6. The third kappa shape index (κ3) is 4.89. The maximum Gasteiger partial charge on any atom is 0.338 e. The topological polar surface area (TPSA) is 106 Å². The van der Waals surface area contributed by atoms with Crippen molar-refractivity contribution < 1.29 is 23.7 Å². The molecule has 3 aromatic rings. The molecule has 0 spiro atoms. The average Bonchev–Trinajstić information content (AvgIpc) is 3.34. The molecule has 9 nitrogen and oxygen atoms in total. The summed E-state index contributed by atoms with van der Waals surface area (Å²) in [4.78, 5) is 39.5. The number of furan rings is 1. The van der Waals surface area contributed by atoms with E-state index in [1.807, 2.05) is 11.0 Å². The molecular weight excluding hydrogens is 462 g/mol. The number of hydrogen-bond donors (Lipinski definition) is 0. The van der Waals surface area contributed by atoms with Gasteiger partial charge in [0.15, 0.2) is 5.76 Å². The third-order valence-electron chi connectivity index (χ3n) is 5.52. The fraction of sp³-hybridized carbons (Fsp3) is 0.250. The summed E-state index contributed by atoms with van der Waals surface area (Å²) in [7, 11) is 0. The standard InChI is InChI=1S/C24H22ClN3O6/c1-2-33-24(30)17-6-7-19(20(15-17)28(31)32)26-10-12-27(13-11-26)23(29)22-9-8-21(34-22)16-4-3-5-18(25)14-16/h3-9,14-15H,2,10-13H2,1H3. The Morgan fingerprint density at radius 1 is 1.09 bits per heavy atom. The Bertz CT molecular complexity index is 1230. The lowest BCUT2D eigenvalue weighted by atomic mass is 10.1. The van der Waals surface area contributed by atoms with Gasteiger partial charge in [0.25, 0.3) is 11.6 Å². The van der Waals surface area contributed by atoms with E-state index in [9.17, 15) is 19.7 Å². The van der Waals surface area contributed by atoms with Crippen molar-refractivity contribution in [3.63, 3.8) is 0 Å². The molecule has 2 aromatic carbocycles.